The lowest BCUT2D eigenvalue weighted by Gasteiger charge is -2.34. The number of hydrogen-bond donors (Lipinski definition) is 2. The van der Waals surface area contributed by atoms with Crippen molar-refractivity contribution in [3.05, 3.63) is 36.4 Å². The summed E-state index contributed by atoms with van der Waals surface area (Å²) in [4.78, 5) is 25.8. The van der Waals surface area contributed by atoms with Gasteiger partial charge < -0.3 is 15.5 Å². The van der Waals surface area contributed by atoms with Crippen LogP contribution in [0.25, 0.3) is 0 Å². The second kappa shape index (κ2) is 7.81. The topological polar surface area (TPSA) is 61.4 Å². The lowest BCUT2D eigenvalue weighted by Crippen LogP contribution is -2.34. The maximum atomic E-state index is 11.8. The van der Waals surface area contributed by atoms with Crippen molar-refractivity contribution >= 4 is 23.2 Å². The summed E-state index contributed by atoms with van der Waals surface area (Å²) in [5.41, 5.74) is 2.09. The summed E-state index contributed by atoms with van der Waals surface area (Å²) < 4.78 is 0. The predicted molar refractivity (Wildman–Crippen MR) is 93.9 cm³/mol. The van der Waals surface area contributed by atoms with Crippen LogP contribution in [-0.4, -0.2) is 32.0 Å². The Morgan fingerprint density at radius 1 is 1.26 bits per heavy atom. The number of carbonyl (C=O) groups is 2. The first kappa shape index (κ1) is 17.1. The molecule has 0 bridgehead atoms. The molecule has 2 rings (SSSR count). The second-order valence-corrected chi connectivity index (χ2v) is 5.91. The molecule has 2 amide bonds. The van der Waals surface area contributed by atoms with Gasteiger partial charge in [-0.2, -0.15) is 0 Å². The minimum atomic E-state index is -0.280. The molecule has 1 aromatic carbocycles. The van der Waals surface area contributed by atoms with Gasteiger partial charge in [0.05, 0.1) is 11.4 Å². The summed E-state index contributed by atoms with van der Waals surface area (Å²) in [6.45, 7) is 3.49. The van der Waals surface area contributed by atoms with Gasteiger partial charge in [0, 0.05) is 25.7 Å². The van der Waals surface area contributed by atoms with Crippen LogP contribution in [0.15, 0.2) is 30.9 Å². The molecule has 1 aliphatic carbocycles. The van der Waals surface area contributed by atoms with Crippen LogP contribution in [-0.2, 0) is 4.79 Å². The fourth-order valence-electron chi connectivity index (χ4n) is 3.08. The van der Waals surface area contributed by atoms with E-state index in [0.29, 0.717) is 17.3 Å². The van der Waals surface area contributed by atoms with Crippen LogP contribution in [0.3, 0.4) is 0 Å². The molecular weight excluding hydrogens is 290 g/mol. The molecule has 1 aliphatic rings. The number of anilines is 2. The van der Waals surface area contributed by atoms with E-state index in [1.807, 2.05) is 6.07 Å². The molecule has 2 N–H and O–H groups in total. The standard InChI is InChI=1S/C18H25N3O2/c1-4-17(22)20-15-12-13(18(23)19-2)10-11-16(15)21(3)14-8-6-5-7-9-14/h4,10-12,14H,1,5-9H2,2-3H3,(H,19,23)(H,20,22). The Kier molecular flexibility index (Phi) is 5.79. The number of amides is 2. The summed E-state index contributed by atoms with van der Waals surface area (Å²) in [6, 6.07) is 5.87. The van der Waals surface area contributed by atoms with Crippen LogP contribution < -0.4 is 15.5 Å². The van der Waals surface area contributed by atoms with E-state index in [9.17, 15) is 9.59 Å². The van der Waals surface area contributed by atoms with Gasteiger partial charge in [0.1, 0.15) is 0 Å². The highest BCUT2D eigenvalue weighted by molar-refractivity contribution is 6.03. The highest BCUT2D eigenvalue weighted by Crippen LogP contribution is 2.32. The number of benzene rings is 1. The molecule has 1 aromatic rings. The third kappa shape index (κ3) is 4.12. The fraction of sp³-hybridized carbons (Fsp3) is 0.444. The Morgan fingerprint density at radius 2 is 1.96 bits per heavy atom. The molecule has 0 saturated heterocycles. The van der Waals surface area contributed by atoms with E-state index in [0.717, 1.165) is 18.5 Å². The summed E-state index contributed by atoms with van der Waals surface area (Å²) in [6.07, 6.45) is 7.31. The molecule has 124 valence electrons. The van der Waals surface area contributed by atoms with Crippen LogP contribution in [0.1, 0.15) is 42.5 Å². The van der Waals surface area contributed by atoms with Crippen LogP contribution in [0.4, 0.5) is 11.4 Å². The van der Waals surface area contributed by atoms with Crippen LogP contribution >= 0.6 is 0 Å². The molecule has 0 radical (unpaired) electrons. The molecule has 23 heavy (non-hydrogen) atoms. The maximum absolute atomic E-state index is 11.8. The Bertz CT molecular complexity index is 592. The Morgan fingerprint density at radius 3 is 2.57 bits per heavy atom. The minimum absolute atomic E-state index is 0.175. The molecule has 0 spiro atoms. The highest BCUT2D eigenvalue weighted by atomic mass is 16.2. The largest absolute Gasteiger partial charge is 0.370 e. The average Bonchev–Trinajstić information content (AvgIpc) is 2.61. The molecule has 5 heteroatoms. The second-order valence-electron chi connectivity index (χ2n) is 5.91. The molecule has 1 saturated carbocycles. The van der Waals surface area contributed by atoms with Crippen molar-refractivity contribution < 1.29 is 9.59 Å². The summed E-state index contributed by atoms with van der Waals surface area (Å²) in [5, 5.41) is 5.42. The normalized spacial score (nSPS) is 14.9. The first-order chi connectivity index (χ1) is 11.1. The van der Waals surface area contributed by atoms with E-state index in [1.54, 1.807) is 19.2 Å². The molecule has 0 atom stereocenters. The summed E-state index contributed by atoms with van der Waals surface area (Å²) in [5.74, 6) is -0.455. The molecular formula is C18H25N3O2. The van der Waals surface area contributed by atoms with Crippen molar-refractivity contribution in [1.29, 1.82) is 0 Å². The van der Waals surface area contributed by atoms with Gasteiger partial charge in [0.15, 0.2) is 0 Å². The Labute approximate surface area is 137 Å². The molecule has 5 nitrogen and oxygen atoms in total. The predicted octanol–water partition coefficient (Wildman–Crippen LogP) is 2.94. The van der Waals surface area contributed by atoms with Crippen LogP contribution in [0, 0.1) is 0 Å². The molecule has 1 fully saturated rings. The first-order valence-corrected chi connectivity index (χ1v) is 8.09. The minimum Gasteiger partial charge on any atom is -0.370 e. The monoisotopic (exact) mass is 315 g/mol. The summed E-state index contributed by atoms with van der Waals surface area (Å²) in [7, 11) is 3.64. The zero-order chi connectivity index (χ0) is 16.8. The van der Waals surface area contributed by atoms with Crippen molar-refractivity contribution in [1.82, 2.24) is 5.32 Å². The van der Waals surface area contributed by atoms with Gasteiger partial charge in [-0.25, -0.2) is 0 Å². The van der Waals surface area contributed by atoms with E-state index in [2.05, 4.69) is 29.2 Å². The van der Waals surface area contributed by atoms with Crippen molar-refractivity contribution in [3.63, 3.8) is 0 Å². The van der Waals surface area contributed by atoms with Gasteiger partial charge in [-0.05, 0) is 37.1 Å². The lowest BCUT2D eigenvalue weighted by molar-refractivity contribution is -0.111. The Balaban J connectivity index is 2.33. The zero-order valence-electron chi connectivity index (χ0n) is 13.9. The molecule has 0 aliphatic heterocycles. The number of carbonyl (C=O) groups excluding carboxylic acids is 2. The molecule has 0 heterocycles. The van der Waals surface area contributed by atoms with Gasteiger partial charge in [0.25, 0.3) is 5.91 Å². The number of nitrogens with zero attached hydrogens (tertiary/aromatic N) is 1. The number of nitrogens with one attached hydrogen (secondary N) is 2. The van der Waals surface area contributed by atoms with E-state index in [1.165, 1.54) is 25.3 Å². The Hall–Kier alpha value is -2.30. The van der Waals surface area contributed by atoms with Gasteiger partial charge >= 0.3 is 0 Å². The third-order valence-corrected chi connectivity index (χ3v) is 4.43. The fourth-order valence-corrected chi connectivity index (χ4v) is 3.08. The average molecular weight is 315 g/mol. The molecule has 0 aromatic heterocycles. The third-order valence-electron chi connectivity index (χ3n) is 4.43. The van der Waals surface area contributed by atoms with Crippen molar-refractivity contribution in [2.24, 2.45) is 0 Å². The highest BCUT2D eigenvalue weighted by Gasteiger charge is 2.21. The van der Waals surface area contributed by atoms with E-state index < -0.39 is 0 Å². The molecule has 0 unspecified atom stereocenters. The van der Waals surface area contributed by atoms with Gasteiger partial charge in [-0.1, -0.05) is 25.8 Å². The van der Waals surface area contributed by atoms with Gasteiger partial charge in [-0.15, -0.1) is 0 Å². The quantitative estimate of drug-likeness (QED) is 0.821. The summed E-state index contributed by atoms with van der Waals surface area (Å²) >= 11 is 0. The zero-order valence-corrected chi connectivity index (χ0v) is 13.9. The number of rotatable bonds is 5. The maximum Gasteiger partial charge on any atom is 0.251 e. The number of hydrogen-bond acceptors (Lipinski definition) is 3. The van der Waals surface area contributed by atoms with Crippen molar-refractivity contribution in [2.75, 3.05) is 24.3 Å². The first-order valence-electron chi connectivity index (χ1n) is 8.09. The SMILES string of the molecule is C=CC(=O)Nc1cc(C(=O)NC)ccc1N(C)C1CCCCC1. The lowest BCUT2D eigenvalue weighted by atomic mass is 9.94. The van der Waals surface area contributed by atoms with Crippen molar-refractivity contribution in [3.8, 4) is 0 Å². The van der Waals surface area contributed by atoms with E-state index >= 15 is 0 Å². The van der Waals surface area contributed by atoms with E-state index in [4.69, 9.17) is 0 Å². The van der Waals surface area contributed by atoms with Crippen LogP contribution in [0.5, 0.6) is 0 Å². The van der Waals surface area contributed by atoms with Crippen LogP contribution in [0.2, 0.25) is 0 Å². The van der Waals surface area contributed by atoms with Gasteiger partial charge in [-0.3, -0.25) is 9.59 Å². The smallest absolute Gasteiger partial charge is 0.251 e. The van der Waals surface area contributed by atoms with E-state index in [-0.39, 0.29) is 11.8 Å². The van der Waals surface area contributed by atoms with Crippen molar-refractivity contribution in [2.45, 2.75) is 38.1 Å². The van der Waals surface area contributed by atoms with Gasteiger partial charge in [0.2, 0.25) is 5.91 Å².